The van der Waals surface area contributed by atoms with E-state index in [4.69, 9.17) is 0 Å². The van der Waals surface area contributed by atoms with E-state index < -0.39 is 0 Å². The van der Waals surface area contributed by atoms with Crippen LogP contribution in [-0.4, -0.2) is 35.6 Å². The molecule has 2 heteroatoms. The normalized spacial score (nSPS) is 35.4. The summed E-state index contributed by atoms with van der Waals surface area (Å²) >= 11 is 0. The molecule has 0 bridgehead atoms. The number of nitrogens with one attached hydrogen (secondary N) is 1. The molecule has 0 aromatic carbocycles. The molecule has 2 fully saturated rings. The van der Waals surface area contributed by atoms with Gasteiger partial charge in [0.05, 0.1) is 0 Å². The molecule has 1 N–H and O–H groups in total. The van der Waals surface area contributed by atoms with Crippen molar-refractivity contribution in [2.24, 2.45) is 11.3 Å². The third-order valence-corrected chi connectivity index (χ3v) is 5.36. The van der Waals surface area contributed by atoms with E-state index in [1.54, 1.807) is 0 Å². The molecule has 19 heavy (non-hydrogen) atoms. The number of hydrogen-bond donors (Lipinski definition) is 1. The fourth-order valence-corrected chi connectivity index (χ4v) is 3.84. The lowest BCUT2D eigenvalue weighted by molar-refractivity contribution is -0.00746. The van der Waals surface area contributed by atoms with Crippen molar-refractivity contribution in [2.45, 2.75) is 84.8 Å². The summed E-state index contributed by atoms with van der Waals surface area (Å²) in [4.78, 5) is 2.82. The molecule has 0 aromatic heterocycles. The van der Waals surface area contributed by atoms with Crippen molar-refractivity contribution in [3.63, 3.8) is 0 Å². The summed E-state index contributed by atoms with van der Waals surface area (Å²) in [5.41, 5.74) is 0.726. The molecular formula is C17H34N2. The Bertz CT molecular complexity index is 303. The third-order valence-electron chi connectivity index (χ3n) is 5.36. The lowest BCUT2D eigenvalue weighted by Gasteiger charge is -2.53. The maximum Gasteiger partial charge on any atom is 0.0309 e. The van der Waals surface area contributed by atoms with Crippen molar-refractivity contribution in [2.75, 3.05) is 13.1 Å². The van der Waals surface area contributed by atoms with Crippen LogP contribution in [0.1, 0.15) is 67.2 Å². The van der Waals surface area contributed by atoms with Gasteiger partial charge in [-0.2, -0.15) is 0 Å². The van der Waals surface area contributed by atoms with Gasteiger partial charge in [-0.05, 0) is 44.4 Å². The summed E-state index contributed by atoms with van der Waals surface area (Å²) < 4.78 is 0. The van der Waals surface area contributed by atoms with Crippen molar-refractivity contribution >= 4 is 0 Å². The minimum Gasteiger partial charge on any atom is -0.308 e. The largest absolute Gasteiger partial charge is 0.308 e. The van der Waals surface area contributed by atoms with Crippen molar-refractivity contribution in [1.29, 1.82) is 0 Å². The molecule has 1 aliphatic carbocycles. The van der Waals surface area contributed by atoms with Gasteiger partial charge in [0.25, 0.3) is 0 Å². The molecule has 0 aromatic rings. The number of rotatable bonds is 4. The molecule has 1 saturated carbocycles. The van der Waals surface area contributed by atoms with Crippen LogP contribution in [0.25, 0.3) is 0 Å². The van der Waals surface area contributed by atoms with Gasteiger partial charge in [0.15, 0.2) is 0 Å². The van der Waals surface area contributed by atoms with Crippen molar-refractivity contribution in [1.82, 2.24) is 10.2 Å². The minimum absolute atomic E-state index is 0.361. The summed E-state index contributed by atoms with van der Waals surface area (Å²) in [6.07, 6.45) is 5.48. The van der Waals surface area contributed by atoms with Crippen molar-refractivity contribution in [3.8, 4) is 0 Å². The second kappa shape index (κ2) is 5.37. The van der Waals surface area contributed by atoms with Gasteiger partial charge in [0.2, 0.25) is 0 Å². The van der Waals surface area contributed by atoms with Gasteiger partial charge in [-0.1, -0.05) is 34.1 Å². The molecule has 2 nitrogen and oxygen atoms in total. The van der Waals surface area contributed by atoms with Crippen LogP contribution in [0.15, 0.2) is 0 Å². The second-order valence-electron chi connectivity index (χ2n) is 8.26. The summed E-state index contributed by atoms with van der Waals surface area (Å²) in [5.74, 6) is 0.921. The van der Waals surface area contributed by atoms with Crippen LogP contribution in [0, 0.1) is 11.3 Å². The van der Waals surface area contributed by atoms with Gasteiger partial charge in [0, 0.05) is 30.7 Å². The Labute approximate surface area is 120 Å². The molecule has 0 spiro atoms. The highest BCUT2D eigenvalue weighted by Crippen LogP contribution is 2.43. The summed E-state index contributed by atoms with van der Waals surface area (Å²) in [7, 11) is 0. The molecule has 2 aliphatic rings. The molecule has 1 aliphatic heterocycles. The van der Waals surface area contributed by atoms with Crippen molar-refractivity contribution in [3.05, 3.63) is 0 Å². The first kappa shape index (κ1) is 15.3. The monoisotopic (exact) mass is 266 g/mol. The zero-order chi connectivity index (χ0) is 14.3. The predicted molar refractivity (Wildman–Crippen MR) is 83.5 cm³/mol. The zero-order valence-electron chi connectivity index (χ0n) is 13.9. The molecule has 0 radical (unpaired) electrons. The summed E-state index contributed by atoms with van der Waals surface area (Å²) in [6, 6.07) is 1.38. The van der Waals surface area contributed by atoms with Gasteiger partial charge in [-0.25, -0.2) is 0 Å². The van der Waals surface area contributed by atoms with Gasteiger partial charge in [-0.3, -0.25) is 4.90 Å². The zero-order valence-corrected chi connectivity index (χ0v) is 13.9. The first-order valence-electron chi connectivity index (χ1n) is 8.28. The fraction of sp³-hybridized carbons (Fsp3) is 1.00. The lowest BCUT2D eigenvalue weighted by Crippen LogP contribution is -2.68. The van der Waals surface area contributed by atoms with Crippen LogP contribution in [0.2, 0.25) is 0 Å². The first-order valence-corrected chi connectivity index (χ1v) is 8.28. The highest BCUT2D eigenvalue weighted by atomic mass is 15.3. The predicted octanol–water partition coefficient (Wildman–Crippen LogP) is 3.66. The highest BCUT2D eigenvalue weighted by Gasteiger charge is 2.48. The van der Waals surface area contributed by atoms with E-state index in [-0.39, 0.29) is 0 Å². The smallest absolute Gasteiger partial charge is 0.0309 e. The Hall–Kier alpha value is -0.0800. The van der Waals surface area contributed by atoms with Gasteiger partial charge in [0.1, 0.15) is 0 Å². The maximum atomic E-state index is 3.90. The summed E-state index contributed by atoms with van der Waals surface area (Å²) in [6.45, 7) is 16.8. The quantitative estimate of drug-likeness (QED) is 0.835. The number of nitrogens with zero attached hydrogens (tertiary/aromatic N) is 1. The van der Waals surface area contributed by atoms with Crippen LogP contribution >= 0.6 is 0 Å². The second-order valence-corrected chi connectivity index (χ2v) is 8.26. The van der Waals surface area contributed by atoms with E-state index in [1.807, 2.05) is 0 Å². The maximum absolute atomic E-state index is 3.90. The lowest BCUT2D eigenvalue weighted by atomic mass is 9.79. The van der Waals surface area contributed by atoms with E-state index in [0.29, 0.717) is 17.0 Å². The average molecular weight is 266 g/mol. The fourth-order valence-electron chi connectivity index (χ4n) is 3.84. The molecule has 1 saturated heterocycles. The molecule has 1 heterocycles. The Kier molecular flexibility index (Phi) is 4.32. The van der Waals surface area contributed by atoms with Crippen molar-refractivity contribution < 1.29 is 0 Å². The van der Waals surface area contributed by atoms with E-state index in [1.165, 1.54) is 32.2 Å². The Morgan fingerprint density at radius 3 is 2.42 bits per heavy atom. The molecule has 2 rings (SSSR count). The van der Waals surface area contributed by atoms with Crippen LogP contribution in [0.3, 0.4) is 0 Å². The molecule has 3 atom stereocenters. The van der Waals surface area contributed by atoms with Crippen LogP contribution in [0.4, 0.5) is 0 Å². The first-order chi connectivity index (χ1) is 8.78. The van der Waals surface area contributed by atoms with Gasteiger partial charge < -0.3 is 5.32 Å². The molecule has 112 valence electrons. The molecule has 0 amide bonds. The van der Waals surface area contributed by atoms with Gasteiger partial charge in [-0.15, -0.1) is 0 Å². The number of hydrogen-bond acceptors (Lipinski definition) is 2. The van der Waals surface area contributed by atoms with E-state index in [9.17, 15) is 0 Å². The minimum atomic E-state index is 0.361. The molecular weight excluding hydrogens is 232 g/mol. The van der Waals surface area contributed by atoms with Crippen LogP contribution in [0.5, 0.6) is 0 Å². The van der Waals surface area contributed by atoms with E-state index >= 15 is 0 Å². The van der Waals surface area contributed by atoms with E-state index in [0.717, 1.165) is 18.5 Å². The van der Waals surface area contributed by atoms with E-state index in [2.05, 4.69) is 51.8 Å². The van der Waals surface area contributed by atoms with Crippen LogP contribution < -0.4 is 5.32 Å². The number of piperazine rings is 1. The average Bonchev–Trinajstić information content (AvgIpc) is 3.11. The van der Waals surface area contributed by atoms with Gasteiger partial charge >= 0.3 is 0 Å². The topological polar surface area (TPSA) is 15.3 Å². The molecule has 3 unspecified atom stereocenters. The Morgan fingerprint density at radius 2 is 1.95 bits per heavy atom. The van der Waals surface area contributed by atoms with Crippen LogP contribution in [-0.2, 0) is 0 Å². The standard InChI is InChI=1S/C17H34N2/c1-7-8-13(2)19-12-17(6,14-9-10-14)18-11-15(19)16(3,4)5/h13-15,18H,7-12H2,1-6H3. The Balaban J connectivity index is 2.13. The Morgan fingerprint density at radius 1 is 1.32 bits per heavy atom. The summed E-state index contributed by atoms with van der Waals surface area (Å²) in [5, 5.41) is 3.90. The third kappa shape index (κ3) is 3.33. The highest BCUT2D eigenvalue weighted by molar-refractivity contribution is 5.06. The SMILES string of the molecule is CCCC(C)N1CC(C)(C2CC2)NCC1C(C)(C)C.